The molecule has 1 fully saturated rings. The number of rotatable bonds is 2. The fourth-order valence-corrected chi connectivity index (χ4v) is 4.65. The van der Waals surface area contributed by atoms with Gasteiger partial charge in [0.1, 0.15) is 0 Å². The second-order valence-corrected chi connectivity index (χ2v) is 8.58. The van der Waals surface area contributed by atoms with Gasteiger partial charge >= 0.3 is 0 Å². The number of hydrogen-bond acceptors (Lipinski definition) is 6. The fraction of sp³-hybridized carbons (Fsp3) is 0.231. The normalized spacial score (nSPS) is 22.4. The van der Waals surface area contributed by atoms with Gasteiger partial charge in [-0.3, -0.25) is 19.2 Å². The zero-order chi connectivity index (χ0) is 22.6. The van der Waals surface area contributed by atoms with Crippen LogP contribution in [0.15, 0.2) is 72.1 Å². The maximum atomic E-state index is 12.7. The van der Waals surface area contributed by atoms with Crippen LogP contribution in [-0.2, 0) is 0 Å². The topological polar surface area (TPSA) is 74.8 Å². The van der Waals surface area contributed by atoms with E-state index >= 15 is 0 Å². The molecule has 6 heteroatoms. The number of ketones is 4. The molecule has 0 unspecified atom stereocenters. The number of fused-ring (bicyclic) bond motifs is 2. The van der Waals surface area contributed by atoms with Crippen molar-refractivity contribution in [1.82, 2.24) is 9.80 Å². The molecule has 6 nitrogen and oxygen atoms in total. The first-order chi connectivity index (χ1) is 15.4. The molecule has 1 aliphatic heterocycles. The molecule has 0 bridgehead atoms. The van der Waals surface area contributed by atoms with Crippen LogP contribution in [0.2, 0.25) is 0 Å². The van der Waals surface area contributed by atoms with Crippen molar-refractivity contribution in [1.29, 1.82) is 0 Å². The molecule has 160 valence electrons. The Morgan fingerprint density at radius 2 is 0.875 bits per heavy atom. The maximum Gasteiger partial charge on any atom is 0.199 e. The first kappa shape index (κ1) is 20.1. The summed E-state index contributed by atoms with van der Waals surface area (Å²) in [5.41, 5.74) is 2.18. The van der Waals surface area contributed by atoms with Crippen LogP contribution in [0.25, 0.3) is 0 Å². The Bertz CT molecular complexity index is 1080. The van der Waals surface area contributed by atoms with Gasteiger partial charge in [0.15, 0.2) is 23.1 Å². The molecular formula is C26H22N2O4. The van der Waals surface area contributed by atoms with Crippen molar-refractivity contribution in [2.24, 2.45) is 0 Å². The minimum Gasteiger partial charge on any atom is -0.370 e. The van der Waals surface area contributed by atoms with E-state index in [-0.39, 0.29) is 46.4 Å². The van der Waals surface area contributed by atoms with Gasteiger partial charge in [-0.25, -0.2) is 0 Å². The summed E-state index contributed by atoms with van der Waals surface area (Å²) in [5, 5.41) is 0. The van der Waals surface area contributed by atoms with E-state index in [0.717, 1.165) is 0 Å². The molecule has 0 saturated carbocycles. The Morgan fingerprint density at radius 1 is 0.594 bits per heavy atom. The molecule has 0 aromatic heterocycles. The molecule has 2 aromatic carbocycles. The van der Waals surface area contributed by atoms with E-state index in [0.29, 0.717) is 35.3 Å². The fourth-order valence-electron chi connectivity index (χ4n) is 4.65. The van der Waals surface area contributed by atoms with Gasteiger partial charge in [0.25, 0.3) is 0 Å². The van der Waals surface area contributed by atoms with Crippen molar-refractivity contribution >= 4 is 23.1 Å². The molecule has 1 saturated heterocycles. The number of benzene rings is 2. The van der Waals surface area contributed by atoms with Crippen LogP contribution in [0, 0.1) is 0 Å². The third kappa shape index (κ3) is 3.02. The molecule has 0 spiro atoms. The predicted molar refractivity (Wildman–Crippen MR) is 119 cm³/mol. The average molecular weight is 426 g/mol. The Hall–Kier alpha value is -3.80. The van der Waals surface area contributed by atoms with Gasteiger partial charge in [-0.05, 0) is 13.8 Å². The minimum atomic E-state index is -0.241. The van der Waals surface area contributed by atoms with Gasteiger partial charge in [-0.2, -0.15) is 0 Å². The summed E-state index contributed by atoms with van der Waals surface area (Å²) in [5.74, 6) is -0.963. The number of piperazine rings is 1. The smallest absolute Gasteiger partial charge is 0.199 e. The zero-order valence-corrected chi connectivity index (χ0v) is 17.9. The highest BCUT2D eigenvalue weighted by molar-refractivity contribution is 6.40. The second-order valence-electron chi connectivity index (χ2n) is 8.58. The molecule has 2 aromatic rings. The van der Waals surface area contributed by atoms with Gasteiger partial charge in [0, 0.05) is 59.8 Å². The van der Waals surface area contributed by atoms with E-state index < -0.39 is 0 Å². The Kier molecular flexibility index (Phi) is 4.66. The van der Waals surface area contributed by atoms with Crippen molar-refractivity contribution in [3.8, 4) is 0 Å². The number of hydrogen-bond donors (Lipinski definition) is 0. The number of carbonyl (C=O) groups excluding carboxylic acids is 4. The summed E-state index contributed by atoms with van der Waals surface area (Å²) in [6, 6.07) is 13.7. The molecule has 2 atom stereocenters. The lowest BCUT2D eigenvalue weighted by Gasteiger charge is -2.43. The lowest BCUT2D eigenvalue weighted by molar-refractivity contribution is 0.0920. The minimum absolute atomic E-state index is 0.0196. The van der Waals surface area contributed by atoms with Crippen LogP contribution in [0.3, 0.4) is 0 Å². The zero-order valence-electron chi connectivity index (χ0n) is 17.9. The first-order valence-corrected chi connectivity index (χ1v) is 10.7. The van der Waals surface area contributed by atoms with Crippen LogP contribution in [0.1, 0.15) is 55.3 Å². The Balaban J connectivity index is 1.37. The van der Waals surface area contributed by atoms with E-state index in [1.807, 2.05) is 23.6 Å². The third-order valence-corrected chi connectivity index (χ3v) is 6.48. The third-order valence-electron chi connectivity index (χ3n) is 6.48. The lowest BCUT2D eigenvalue weighted by atomic mass is 10.1. The highest BCUT2D eigenvalue weighted by Crippen LogP contribution is 2.30. The van der Waals surface area contributed by atoms with Crippen LogP contribution in [0.5, 0.6) is 0 Å². The van der Waals surface area contributed by atoms with Crippen molar-refractivity contribution in [2.45, 2.75) is 25.9 Å². The summed E-state index contributed by atoms with van der Waals surface area (Å²) in [6.45, 7) is 5.11. The van der Waals surface area contributed by atoms with E-state index in [9.17, 15) is 19.2 Å². The van der Waals surface area contributed by atoms with E-state index in [2.05, 4.69) is 0 Å². The second kappa shape index (κ2) is 7.41. The number of carbonyl (C=O) groups is 4. The summed E-state index contributed by atoms with van der Waals surface area (Å²) in [7, 11) is 0. The average Bonchev–Trinajstić information content (AvgIpc) is 3.18. The van der Waals surface area contributed by atoms with Crippen molar-refractivity contribution in [2.75, 3.05) is 13.1 Å². The molecule has 0 amide bonds. The van der Waals surface area contributed by atoms with Gasteiger partial charge < -0.3 is 9.80 Å². The quantitative estimate of drug-likeness (QED) is 0.542. The van der Waals surface area contributed by atoms with E-state index in [1.54, 1.807) is 60.9 Å². The first-order valence-electron chi connectivity index (χ1n) is 10.7. The van der Waals surface area contributed by atoms with Crippen LogP contribution in [-0.4, -0.2) is 58.1 Å². The monoisotopic (exact) mass is 426 g/mol. The molecule has 5 rings (SSSR count). The lowest BCUT2D eigenvalue weighted by Crippen LogP contribution is -2.52. The van der Waals surface area contributed by atoms with Crippen molar-refractivity contribution in [3.05, 3.63) is 94.3 Å². The molecule has 2 aliphatic carbocycles. The number of allylic oxidation sites excluding steroid dienone is 2. The van der Waals surface area contributed by atoms with E-state index in [4.69, 9.17) is 0 Å². The Labute approximate surface area is 185 Å². The summed E-state index contributed by atoms with van der Waals surface area (Å²) < 4.78 is 0. The highest BCUT2D eigenvalue weighted by atomic mass is 16.2. The standard InChI is InChI=1S/C26H22N2O4/c1-15-11-28(14-22-25(31)19-9-5-6-10-20(19)26(22)32)16(2)12-27(15)13-21-23(29)17-7-3-4-8-18(17)24(21)30/h3-10,13-16H,11-12H2,1-2H3/t15-,16-/m1/s1. The van der Waals surface area contributed by atoms with Gasteiger partial charge in [-0.1, -0.05) is 48.5 Å². The maximum absolute atomic E-state index is 12.7. The molecule has 3 aliphatic rings. The number of Topliss-reactive ketones (excluding diaryl/α,β-unsaturated/α-hetero) is 4. The van der Waals surface area contributed by atoms with Gasteiger partial charge in [0.2, 0.25) is 0 Å². The summed E-state index contributed by atoms with van der Waals surface area (Å²) in [4.78, 5) is 54.9. The molecule has 32 heavy (non-hydrogen) atoms. The number of nitrogens with zero attached hydrogens (tertiary/aromatic N) is 2. The van der Waals surface area contributed by atoms with Crippen LogP contribution in [0.4, 0.5) is 0 Å². The van der Waals surface area contributed by atoms with Gasteiger partial charge in [-0.15, -0.1) is 0 Å². The largest absolute Gasteiger partial charge is 0.370 e. The molecule has 1 heterocycles. The molecular weight excluding hydrogens is 404 g/mol. The summed E-state index contributed by atoms with van der Waals surface area (Å²) >= 11 is 0. The SMILES string of the molecule is C[C@@H]1CN(C=C2C(=O)c3ccccc3C2=O)[C@H](C)CN1C=C1C(=O)c2ccccc2C1=O. The summed E-state index contributed by atoms with van der Waals surface area (Å²) in [6.07, 6.45) is 3.36. The van der Waals surface area contributed by atoms with Crippen LogP contribution >= 0.6 is 0 Å². The van der Waals surface area contributed by atoms with Crippen molar-refractivity contribution < 1.29 is 19.2 Å². The predicted octanol–water partition coefficient (Wildman–Crippen LogP) is 3.31. The Morgan fingerprint density at radius 3 is 1.16 bits per heavy atom. The highest BCUT2D eigenvalue weighted by Gasteiger charge is 2.37. The van der Waals surface area contributed by atoms with Crippen molar-refractivity contribution in [3.63, 3.8) is 0 Å². The molecule has 0 radical (unpaired) electrons. The molecule has 0 N–H and O–H groups in total. The van der Waals surface area contributed by atoms with E-state index in [1.165, 1.54) is 0 Å². The van der Waals surface area contributed by atoms with Gasteiger partial charge in [0.05, 0.1) is 11.1 Å². The van der Waals surface area contributed by atoms with Crippen LogP contribution < -0.4 is 0 Å².